The number of phosphoric acid groups is 1. The topological polar surface area (TPSA) is 288 Å². The van der Waals surface area contributed by atoms with E-state index >= 15 is 0 Å². The van der Waals surface area contributed by atoms with E-state index in [0.29, 0.717) is 0 Å². The average Bonchev–Trinajstić information content (AvgIpc) is 2.65. The largest absolute Gasteiger partial charge is 0.472 e. The minimum Gasteiger partial charge on any atom is -0.394 e. The molecule has 174 valence electrons. The predicted molar refractivity (Wildman–Crippen MR) is 84.0 cm³/mol. The molecule has 0 bridgehead atoms. The molecule has 2 fully saturated rings. The molecule has 0 spiro atoms. The van der Waals surface area contributed by atoms with Crippen molar-refractivity contribution >= 4 is 7.82 Å². The maximum Gasteiger partial charge on any atom is 0.472 e. The highest BCUT2D eigenvalue weighted by molar-refractivity contribution is 7.46. The molecule has 2 aliphatic rings. The normalized spacial score (nSPS) is 46.0. The van der Waals surface area contributed by atoms with Gasteiger partial charge in [-0.2, -0.15) is 0 Å². The van der Waals surface area contributed by atoms with Crippen LogP contribution in [0.3, 0.4) is 0 Å². The van der Waals surface area contributed by atoms with Gasteiger partial charge in [0.05, 0.1) is 6.61 Å². The molecule has 2 heterocycles. The summed E-state index contributed by atoms with van der Waals surface area (Å²) in [6, 6.07) is 0. The smallest absolute Gasteiger partial charge is 0.394 e. The van der Waals surface area contributed by atoms with Gasteiger partial charge in [-0.25, -0.2) is 9.09 Å². The first-order valence-corrected chi connectivity index (χ1v) is 9.49. The second kappa shape index (κ2) is 10.3. The molecule has 0 aromatic rings. The standard InChI is InChI=1S/C6H13O10P.C6H12O6/c7-1-6(16-17(12,13)14)4(10)2(8)3(9)5(11)15-6;7-1-2-3(8)4(9)5(10)6(11)12-2/h2-5,7-11H,1H2,(H2,12,13,14);2-11H,1H2/t2-,3+,4-,5?,6+;2-,3-,4+,5-,6?/m01/s1. The van der Waals surface area contributed by atoms with Crippen molar-refractivity contribution in [2.75, 3.05) is 13.2 Å². The second-order valence-electron chi connectivity index (χ2n) is 6.21. The molecule has 16 nitrogen and oxygen atoms in total. The maximum absolute atomic E-state index is 10.6. The molecule has 0 radical (unpaired) electrons. The minimum absolute atomic E-state index is 0.526. The molecule has 29 heavy (non-hydrogen) atoms. The Labute approximate surface area is 162 Å². The van der Waals surface area contributed by atoms with E-state index in [2.05, 4.69) is 14.0 Å². The van der Waals surface area contributed by atoms with Crippen molar-refractivity contribution in [3.05, 3.63) is 0 Å². The summed E-state index contributed by atoms with van der Waals surface area (Å²) in [4.78, 5) is 17.2. The number of aliphatic hydroxyl groups is 10. The Morgan fingerprint density at radius 2 is 1.31 bits per heavy atom. The third-order valence-electron chi connectivity index (χ3n) is 4.10. The number of hydrogen-bond acceptors (Lipinski definition) is 14. The van der Waals surface area contributed by atoms with Gasteiger partial charge in [-0.1, -0.05) is 0 Å². The first-order valence-electron chi connectivity index (χ1n) is 7.96. The van der Waals surface area contributed by atoms with Gasteiger partial charge in [-0.15, -0.1) is 0 Å². The predicted octanol–water partition coefficient (Wildman–Crippen LogP) is -7.01. The number of phosphoric ester groups is 1. The van der Waals surface area contributed by atoms with Crippen LogP contribution < -0.4 is 0 Å². The van der Waals surface area contributed by atoms with E-state index in [4.69, 9.17) is 50.6 Å². The molecule has 2 rings (SSSR count). The van der Waals surface area contributed by atoms with Crippen LogP contribution in [0.2, 0.25) is 0 Å². The van der Waals surface area contributed by atoms with Crippen molar-refractivity contribution in [1.82, 2.24) is 0 Å². The molecule has 2 unspecified atom stereocenters. The first kappa shape index (κ1) is 26.7. The second-order valence-corrected chi connectivity index (χ2v) is 7.37. The van der Waals surface area contributed by atoms with Crippen LogP contribution >= 0.6 is 7.82 Å². The zero-order valence-corrected chi connectivity index (χ0v) is 15.5. The van der Waals surface area contributed by atoms with Crippen LogP contribution in [-0.4, -0.2) is 135 Å². The lowest BCUT2D eigenvalue weighted by molar-refractivity contribution is -0.382. The van der Waals surface area contributed by atoms with Crippen LogP contribution in [0.25, 0.3) is 0 Å². The summed E-state index contributed by atoms with van der Waals surface area (Å²) in [6.07, 6.45) is -15.2. The fourth-order valence-electron chi connectivity index (χ4n) is 2.48. The summed E-state index contributed by atoms with van der Waals surface area (Å²) in [5.74, 6) is -2.73. The van der Waals surface area contributed by atoms with E-state index in [1.165, 1.54) is 0 Å². The molecule has 0 aliphatic carbocycles. The van der Waals surface area contributed by atoms with E-state index < -0.39 is 82.1 Å². The van der Waals surface area contributed by atoms with Crippen molar-refractivity contribution in [1.29, 1.82) is 0 Å². The third kappa shape index (κ3) is 6.31. The van der Waals surface area contributed by atoms with Gasteiger partial charge in [0, 0.05) is 0 Å². The van der Waals surface area contributed by atoms with E-state index in [0.717, 1.165) is 0 Å². The quantitative estimate of drug-likeness (QED) is 0.175. The Hall–Kier alpha value is -0.370. The highest BCUT2D eigenvalue weighted by Crippen LogP contribution is 2.45. The van der Waals surface area contributed by atoms with Gasteiger partial charge in [-0.3, -0.25) is 0 Å². The highest BCUT2D eigenvalue weighted by atomic mass is 31.2. The van der Waals surface area contributed by atoms with E-state index in [-0.39, 0.29) is 0 Å². The van der Waals surface area contributed by atoms with Crippen LogP contribution in [-0.2, 0) is 18.6 Å². The van der Waals surface area contributed by atoms with Gasteiger partial charge in [0.15, 0.2) is 12.6 Å². The van der Waals surface area contributed by atoms with Crippen molar-refractivity contribution in [2.45, 2.75) is 61.1 Å². The lowest BCUT2D eigenvalue weighted by Crippen LogP contribution is -2.66. The van der Waals surface area contributed by atoms with Crippen LogP contribution in [0, 0.1) is 0 Å². The molecule has 17 heteroatoms. The summed E-state index contributed by atoms with van der Waals surface area (Å²) in [5.41, 5.74) is 0. The summed E-state index contributed by atoms with van der Waals surface area (Å²) < 4.78 is 23.7. The Bertz CT molecular complexity index is 553. The van der Waals surface area contributed by atoms with E-state index in [9.17, 15) is 14.8 Å². The lowest BCUT2D eigenvalue weighted by Gasteiger charge is -2.45. The average molecular weight is 456 g/mol. The molecule has 2 aliphatic heterocycles. The Balaban J connectivity index is 0.000000308. The van der Waals surface area contributed by atoms with Gasteiger partial charge in [0.1, 0.15) is 49.3 Å². The third-order valence-corrected chi connectivity index (χ3v) is 4.64. The van der Waals surface area contributed by atoms with Gasteiger partial charge in [-0.05, 0) is 0 Å². The van der Waals surface area contributed by atoms with Crippen molar-refractivity contribution < 1.29 is 79.4 Å². The summed E-state index contributed by atoms with van der Waals surface area (Å²) in [5, 5.41) is 90.6. The molecule has 12 N–H and O–H groups in total. The molecule has 0 saturated carbocycles. The summed E-state index contributed by atoms with van der Waals surface area (Å²) >= 11 is 0. The molecule has 0 aromatic carbocycles. The van der Waals surface area contributed by atoms with Crippen LogP contribution in [0.5, 0.6) is 0 Å². The van der Waals surface area contributed by atoms with Gasteiger partial charge in [0.2, 0.25) is 5.79 Å². The SMILES string of the molecule is O=P(O)(O)O[C@@]1(CO)OC(O)[C@H](O)[C@H](O)[C@@H]1O.OC[C@H]1OC(O)[C@H](O)[C@@H](O)[C@@H]1O. The summed E-state index contributed by atoms with van der Waals surface area (Å²) in [6.45, 7) is -1.79. The van der Waals surface area contributed by atoms with Crippen molar-refractivity contribution in [3.63, 3.8) is 0 Å². The molecule has 0 amide bonds. The number of hydrogen-bond donors (Lipinski definition) is 12. The fourth-order valence-corrected chi connectivity index (χ4v) is 3.09. The van der Waals surface area contributed by atoms with Crippen molar-refractivity contribution in [3.8, 4) is 0 Å². The van der Waals surface area contributed by atoms with Gasteiger partial charge in [0.25, 0.3) is 0 Å². The highest BCUT2D eigenvalue weighted by Gasteiger charge is 2.56. The lowest BCUT2D eigenvalue weighted by atomic mass is 9.96. The van der Waals surface area contributed by atoms with Crippen LogP contribution in [0.1, 0.15) is 0 Å². The fraction of sp³-hybridized carbons (Fsp3) is 1.00. The van der Waals surface area contributed by atoms with Crippen LogP contribution in [0.15, 0.2) is 0 Å². The van der Waals surface area contributed by atoms with Gasteiger partial charge >= 0.3 is 7.82 Å². The maximum atomic E-state index is 10.6. The van der Waals surface area contributed by atoms with Crippen LogP contribution in [0.4, 0.5) is 0 Å². The monoisotopic (exact) mass is 456 g/mol. The van der Waals surface area contributed by atoms with E-state index in [1.54, 1.807) is 0 Å². The zero-order valence-electron chi connectivity index (χ0n) is 14.6. The summed E-state index contributed by atoms with van der Waals surface area (Å²) in [7, 11) is -5.18. The van der Waals surface area contributed by atoms with E-state index in [1.807, 2.05) is 0 Å². The Morgan fingerprint density at radius 1 is 0.793 bits per heavy atom. The number of aliphatic hydroxyl groups excluding tert-OH is 10. The van der Waals surface area contributed by atoms with Crippen molar-refractivity contribution in [2.24, 2.45) is 0 Å². The molecular weight excluding hydrogens is 431 g/mol. The number of ether oxygens (including phenoxy) is 2. The molecule has 0 aromatic heterocycles. The molecule has 10 atom stereocenters. The zero-order chi connectivity index (χ0) is 22.7. The van der Waals surface area contributed by atoms with Gasteiger partial charge < -0.3 is 70.3 Å². The minimum atomic E-state index is -5.18. The molecule has 2 saturated heterocycles. The Kier molecular flexibility index (Phi) is 9.46. The number of rotatable bonds is 4. The molecular formula is C12H25O16P. The first-order chi connectivity index (χ1) is 13.2. The Morgan fingerprint density at radius 3 is 1.76 bits per heavy atom.